The van der Waals surface area contributed by atoms with Crippen molar-refractivity contribution >= 4 is 45.6 Å². The summed E-state index contributed by atoms with van der Waals surface area (Å²) in [4.78, 5) is 48.3. The van der Waals surface area contributed by atoms with Crippen LogP contribution < -0.4 is 10.6 Å². The van der Waals surface area contributed by atoms with Crippen LogP contribution in [0, 0.1) is 11.8 Å². The molecule has 1 aliphatic rings. The van der Waals surface area contributed by atoms with Gasteiger partial charge in [-0.15, -0.1) is 11.3 Å². The third-order valence-corrected chi connectivity index (χ3v) is 5.92. The first-order valence-corrected chi connectivity index (χ1v) is 10.3. The van der Waals surface area contributed by atoms with Crippen molar-refractivity contribution in [3.05, 3.63) is 46.8 Å². The summed E-state index contributed by atoms with van der Waals surface area (Å²) in [6, 6.07) is 8.20. The maximum absolute atomic E-state index is 12.7. The van der Waals surface area contributed by atoms with E-state index in [1.165, 1.54) is 18.3 Å². The zero-order chi connectivity index (χ0) is 21.0. The van der Waals surface area contributed by atoms with Crippen LogP contribution in [0.2, 0.25) is 0 Å². The number of benzene rings is 1. The Kier molecular flexibility index (Phi) is 6.43. The van der Waals surface area contributed by atoms with Crippen molar-refractivity contribution in [2.75, 3.05) is 10.6 Å². The Morgan fingerprint density at radius 1 is 1.03 bits per heavy atom. The molecule has 7 nitrogen and oxygen atoms in total. The zero-order valence-electron chi connectivity index (χ0n) is 15.9. The van der Waals surface area contributed by atoms with Crippen LogP contribution in [0.4, 0.5) is 10.7 Å². The molecule has 1 aromatic heterocycles. The Morgan fingerprint density at radius 3 is 2.45 bits per heavy atom. The number of rotatable bonds is 6. The number of carbonyl (C=O) groups is 4. The van der Waals surface area contributed by atoms with Gasteiger partial charge in [-0.25, -0.2) is 0 Å². The lowest BCUT2D eigenvalue weighted by molar-refractivity contribution is -0.147. The monoisotopic (exact) mass is 414 g/mol. The number of aliphatic carboxylic acids is 1. The standard InChI is InChI=1S/C21H22N2O5S/c1-12(24)13-5-4-6-14(11-13)22-19(26)17-9-10-29-20(17)23-18(25)15-7-2-3-8-16(15)21(27)28/h4-6,9-11,15-16H,2-3,7-8H2,1H3,(H,22,26)(H,23,25)(H,27,28)/t15-,16-/m0/s1. The number of hydrogen-bond donors (Lipinski definition) is 3. The molecule has 0 bridgehead atoms. The van der Waals surface area contributed by atoms with E-state index < -0.39 is 23.7 Å². The van der Waals surface area contributed by atoms with Gasteiger partial charge in [0, 0.05) is 11.3 Å². The van der Waals surface area contributed by atoms with Gasteiger partial charge in [-0.3, -0.25) is 19.2 Å². The lowest BCUT2D eigenvalue weighted by atomic mass is 9.79. The number of carboxylic acid groups (broad SMARTS) is 1. The molecule has 3 rings (SSSR count). The molecule has 1 heterocycles. The Morgan fingerprint density at radius 2 is 1.76 bits per heavy atom. The summed E-state index contributed by atoms with van der Waals surface area (Å²) >= 11 is 1.20. The molecule has 1 aromatic carbocycles. The number of thiophene rings is 1. The second-order valence-corrected chi connectivity index (χ2v) is 8.00. The quantitative estimate of drug-likeness (QED) is 0.618. The smallest absolute Gasteiger partial charge is 0.307 e. The number of nitrogens with one attached hydrogen (secondary N) is 2. The second-order valence-electron chi connectivity index (χ2n) is 7.08. The van der Waals surface area contributed by atoms with Gasteiger partial charge < -0.3 is 15.7 Å². The molecule has 2 atom stereocenters. The molecule has 2 amide bonds. The fourth-order valence-corrected chi connectivity index (χ4v) is 4.33. The number of Topliss-reactive ketones (excluding diaryl/α,β-unsaturated/α-hetero) is 1. The molecule has 0 unspecified atom stereocenters. The molecule has 0 radical (unpaired) electrons. The number of hydrogen-bond acceptors (Lipinski definition) is 5. The van der Waals surface area contributed by atoms with Gasteiger partial charge in [-0.1, -0.05) is 25.0 Å². The van der Waals surface area contributed by atoms with Crippen LogP contribution in [-0.4, -0.2) is 28.7 Å². The number of carbonyl (C=O) groups excluding carboxylic acids is 3. The summed E-state index contributed by atoms with van der Waals surface area (Å²) in [6.07, 6.45) is 2.62. The van der Waals surface area contributed by atoms with Gasteiger partial charge in [-0.05, 0) is 43.3 Å². The molecule has 0 aliphatic heterocycles. The fraction of sp³-hybridized carbons (Fsp3) is 0.333. The van der Waals surface area contributed by atoms with Crippen molar-refractivity contribution in [3.63, 3.8) is 0 Å². The minimum atomic E-state index is -0.959. The Balaban J connectivity index is 1.72. The minimum Gasteiger partial charge on any atom is -0.481 e. The largest absolute Gasteiger partial charge is 0.481 e. The number of carboxylic acids is 1. The van der Waals surface area contributed by atoms with Crippen molar-refractivity contribution in [1.29, 1.82) is 0 Å². The Bertz CT molecular complexity index is 952. The summed E-state index contributed by atoms with van der Waals surface area (Å²) in [5, 5.41) is 16.9. The van der Waals surface area contributed by atoms with Crippen molar-refractivity contribution in [2.24, 2.45) is 11.8 Å². The number of anilines is 2. The molecular formula is C21H22N2O5S. The van der Waals surface area contributed by atoms with Crippen molar-refractivity contribution < 1.29 is 24.3 Å². The Labute approximate surface area is 172 Å². The van der Waals surface area contributed by atoms with E-state index in [1.54, 1.807) is 35.7 Å². The SMILES string of the molecule is CC(=O)c1cccc(NC(=O)c2ccsc2NC(=O)[C@H]2CCCC[C@@H]2C(=O)O)c1. The number of ketones is 1. The first-order chi connectivity index (χ1) is 13.9. The highest BCUT2D eigenvalue weighted by Crippen LogP contribution is 2.33. The molecular weight excluding hydrogens is 392 g/mol. The maximum Gasteiger partial charge on any atom is 0.307 e. The second kappa shape index (κ2) is 9.00. The van der Waals surface area contributed by atoms with Gasteiger partial charge in [0.25, 0.3) is 5.91 Å². The average Bonchev–Trinajstić information content (AvgIpc) is 3.16. The third-order valence-electron chi connectivity index (χ3n) is 5.09. The molecule has 1 fully saturated rings. The van der Waals surface area contributed by atoms with Gasteiger partial charge >= 0.3 is 5.97 Å². The van der Waals surface area contributed by atoms with Crippen LogP contribution in [-0.2, 0) is 9.59 Å². The predicted octanol–water partition coefficient (Wildman–Crippen LogP) is 4.03. The third kappa shape index (κ3) is 4.89. The van der Waals surface area contributed by atoms with Gasteiger partial charge in [0.2, 0.25) is 5.91 Å². The lowest BCUT2D eigenvalue weighted by Gasteiger charge is -2.27. The van der Waals surface area contributed by atoms with Gasteiger partial charge in [-0.2, -0.15) is 0 Å². The van der Waals surface area contributed by atoms with E-state index in [0.29, 0.717) is 34.7 Å². The van der Waals surface area contributed by atoms with Crippen LogP contribution in [0.25, 0.3) is 0 Å². The van der Waals surface area contributed by atoms with E-state index in [1.807, 2.05) is 0 Å². The first-order valence-electron chi connectivity index (χ1n) is 9.40. The molecule has 1 aliphatic carbocycles. The van der Waals surface area contributed by atoms with Crippen LogP contribution in [0.3, 0.4) is 0 Å². The summed E-state index contributed by atoms with van der Waals surface area (Å²) < 4.78 is 0. The van der Waals surface area contributed by atoms with Crippen LogP contribution in [0.5, 0.6) is 0 Å². The van der Waals surface area contributed by atoms with Gasteiger partial charge in [0.1, 0.15) is 5.00 Å². The normalized spacial score (nSPS) is 18.7. The molecule has 152 valence electrons. The van der Waals surface area contributed by atoms with Gasteiger partial charge in [0.05, 0.1) is 17.4 Å². The topological polar surface area (TPSA) is 113 Å². The first kappa shape index (κ1) is 20.7. The van der Waals surface area contributed by atoms with Gasteiger partial charge in [0.15, 0.2) is 5.78 Å². The van der Waals surface area contributed by atoms with E-state index in [-0.39, 0.29) is 11.7 Å². The predicted molar refractivity (Wildman–Crippen MR) is 110 cm³/mol. The lowest BCUT2D eigenvalue weighted by Crippen LogP contribution is -2.36. The van der Waals surface area contributed by atoms with E-state index >= 15 is 0 Å². The molecule has 3 N–H and O–H groups in total. The van der Waals surface area contributed by atoms with Crippen molar-refractivity contribution in [2.45, 2.75) is 32.6 Å². The van der Waals surface area contributed by atoms with E-state index in [9.17, 15) is 24.3 Å². The fourth-order valence-electron chi connectivity index (χ4n) is 3.54. The summed E-state index contributed by atoms with van der Waals surface area (Å²) in [6.45, 7) is 1.45. The van der Waals surface area contributed by atoms with Crippen molar-refractivity contribution in [3.8, 4) is 0 Å². The molecule has 0 saturated heterocycles. The van der Waals surface area contributed by atoms with Crippen LogP contribution in [0.15, 0.2) is 35.7 Å². The highest BCUT2D eigenvalue weighted by atomic mass is 32.1. The Hall–Kier alpha value is -3.00. The summed E-state index contributed by atoms with van der Waals surface area (Å²) in [7, 11) is 0. The highest BCUT2D eigenvalue weighted by Gasteiger charge is 2.36. The summed E-state index contributed by atoms with van der Waals surface area (Å²) in [5.41, 5.74) is 1.25. The van der Waals surface area contributed by atoms with E-state index in [4.69, 9.17) is 0 Å². The van der Waals surface area contributed by atoms with Crippen LogP contribution >= 0.6 is 11.3 Å². The molecule has 29 heavy (non-hydrogen) atoms. The van der Waals surface area contributed by atoms with Crippen molar-refractivity contribution in [1.82, 2.24) is 0 Å². The number of amides is 2. The molecule has 1 saturated carbocycles. The molecule has 8 heteroatoms. The average molecular weight is 414 g/mol. The molecule has 0 spiro atoms. The van der Waals surface area contributed by atoms with Crippen LogP contribution in [0.1, 0.15) is 53.3 Å². The van der Waals surface area contributed by atoms with E-state index in [2.05, 4.69) is 10.6 Å². The minimum absolute atomic E-state index is 0.106. The maximum atomic E-state index is 12.7. The highest BCUT2D eigenvalue weighted by molar-refractivity contribution is 7.14. The molecule has 2 aromatic rings. The zero-order valence-corrected chi connectivity index (χ0v) is 16.8. The summed E-state index contributed by atoms with van der Waals surface area (Å²) in [5.74, 6) is -3.15. The van der Waals surface area contributed by atoms with E-state index in [0.717, 1.165) is 12.8 Å².